The topological polar surface area (TPSA) is 448 Å². The number of para-hydroxylation sites is 5. The minimum atomic E-state index is -5.93. The Kier molecular flexibility index (Phi) is 41.8. The number of nitrogens with zero attached hydrogens (tertiary/aromatic N) is 9. The van der Waals surface area contributed by atoms with Crippen LogP contribution in [0.1, 0.15) is 61.7 Å². The maximum atomic E-state index is 13.3. The molecule has 0 aliphatic carbocycles. The smallest absolute Gasteiger partial charge is 0.497 e. The molecule has 3 aromatic heterocycles. The van der Waals surface area contributed by atoms with E-state index in [9.17, 15) is 89.4 Å². The first-order valence-corrected chi connectivity index (χ1v) is 45.9. The fourth-order valence-electron chi connectivity index (χ4n) is 12.2. The molecular weight excluding hydrogens is 2230 g/mol. The molecule has 0 bridgehead atoms. The number of methoxy groups -OCH3 is 2. The number of nitro groups is 2. The van der Waals surface area contributed by atoms with E-state index in [1.54, 1.807) is 94.5 Å². The van der Waals surface area contributed by atoms with Gasteiger partial charge in [-0.1, -0.05) is 83.3 Å². The second kappa shape index (κ2) is 49.2. The van der Waals surface area contributed by atoms with E-state index in [-0.39, 0.29) is 87.2 Å². The molecule has 5 unspecified atom stereocenters. The number of imide groups is 3. The highest BCUT2D eigenvalue weighted by atomic mass is 127. The Morgan fingerprint density at radius 1 is 0.571 bits per heavy atom. The van der Waals surface area contributed by atoms with Gasteiger partial charge in [0.1, 0.15) is 40.4 Å². The molecule has 0 saturated carbocycles. The first-order valence-electron chi connectivity index (χ1n) is 36.1. The lowest BCUT2D eigenvalue weighted by atomic mass is 10.0. The third kappa shape index (κ3) is 27.6. The zero-order valence-electron chi connectivity index (χ0n) is 67.9. The number of nitrogens with one attached hydrogen (secondary N) is 4. The lowest BCUT2D eigenvalue weighted by Gasteiger charge is -2.31. The number of rotatable bonds is 14. The SMILES string of the molecule is CI.CNc1c(Br)cccc1[N+](=O)[O-].CNc1c(N)cccc1Br.COc1ccc(CN2C(=O)CCC(OS(=O)(=O)C(F)(F)F)C2=O)cc1.COc1ccc(CN2C(=O)CCC(n3c(=O)n(C)c4c(Br)cccc43)C2=O)cc1.CS(=O)O.Cn1c(=O)[nH]c2cccc(Br)c21.Cn1c(=O)n(C2CCC(=O)NC2=O)c2cccc(Br)c21.O=[N+]([O-])c1cccc(Br)c1F.P. The number of H-pyrrole nitrogens is 1. The molecule has 3 saturated heterocycles. The van der Waals surface area contributed by atoms with Crippen LogP contribution in [0.4, 0.5) is 46.0 Å². The van der Waals surface area contributed by atoms with E-state index < -0.39 is 90.4 Å². The summed E-state index contributed by atoms with van der Waals surface area (Å²) in [6.45, 7) is -0.0467. The summed E-state index contributed by atoms with van der Waals surface area (Å²) in [6.07, 6.45) is -0.330. The first kappa shape index (κ1) is 107. The normalized spacial score (nSPS) is 14.9. The summed E-state index contributed by atoms with van der Waals surface area (Å²) >= 11 is 20.2. The van der Waals surface area contributed by atoms with Gasteiger partial charge < -0.3 is 35.4 Å². The fourth-order valence-corrected chi connectivity index (χ4v) is 16.2. The predicted molar refractivity (Wildman–Crippen MR) is 504 cm³/mol. The maximum absolute atomic E-state index is 13.3. The molecule has 3 aliphatic rings. The summed E-state index contributed by atoms with van der Waals surface area (Å²) in [7, 11) is 5.68. The largest absolute Gasteiger partial charge is 0.523 e. The highest BCUT2D eigenvalue weighted by molar-refractivity contribution is 14.1. The van der Waals surface area contributed by atoms with Crippen molar-refractivity contribution >= 4 is 246 Å². The number of aromatic nitrogens is 6. The maximum Gasteiger partial charge on any atom is 0.523 e. The van der Waals surface area contributed by atoms with E-state index in [1.165, 1.54) is 54.7 Å². The van der Waals surface area contributed by atoms with Crippen molar-refractivity contribution < 1.29 is 87.0 Å². The van der Waals surface area contributed by atoms with Gasteiger partial charge >= 0.3 is 38.4 Å². The molecule has 34 nitrogen and oxygen atoms in total. The number of nitrogen functional groups attached to an aromatic ring is 1. The molecule has 7 N–H and O–H groups in total. The van der Waals surface area contributed by atoms with Gasteiger partial charge in [0, 0.05) is 95.3 Å². The standard InChI is InChI=1S/C21H20BrN3O4.C14H14F3NO6S.C13H12BrN3O3.C8H7BrN2O.C7H7BrN2O2.C7H9BrN2.C6H3BrFNO2.CH3I.CH4O2S.H3P/c1-23-19-15(22)4-3-5-16(19)25(21(23)28)17-10-11-18(26)24(20(17)27)12-13-6-8-14(29-2)9-7-13;1-23-10-4-2-9(3-5-10)8-18-12(19)7-6-11(13(18)20)24-25(21,22)14(15,16)17;1-16-11-7(14)3-2-4-8(11)17(13(16)20)9-5-6-10(18)15-12(9)19;1-11-7-5(9)3-2-4-6(7)10-8(11)12;1-9-7-5(8)3-2-4-6(7)10(11)12;1-10-7-5(8)3-2-4-6(7)9;7-4-2-1-3-5(6(4)8)9(10)11;1-2;1-4(2)3;/h3-9,17H,10-12H2,1-2H3;2-5,11H,6-8H2,1H3;2-4,9H,5-6H2,1H3,(H,15,18,19);2-4H,1H3,(H,10,12);2-4,9H,1H3;2-4,10H,9H2,1H3;1-3H;1H3;1H3,(H,2,3);1H3. The molecule has 11 aromatic rings. The number of carbonyl (C=O) groups is 6. The third-order valence-electron chi connectivity index (χ3n) is 18.1. The summed E-state index contributed by atoms with van der Waals surface area (Å²) in [5.41, 5.74) is 7.06. The number of hydrogen-bond acceptors (Lipinski definition) is 22. The van der Waals surface area contributed by atoms with Gasteiger partial charge in [-0.2, -0.15) is 35.9 Å². The van der Waals surface area contributed by atoms with Gasteiger partial charge in [0.05, 0.1) is 86.1 Å². The molecule has 48 heteroatoms. The van der Waals surface area contributed by atoms with Crippen molar-refractivity contribution in [3.05, 3.63) is 253 Å². The van der Waals surface area contributed by atoms with Gasteiger partial charge in [-0.15, -0.1) is 0 Å². The number of anilines is 3. The average molecular weight is 2310 g/mol. The Balaban J connectivity index is 0.000000266. The Morgan fingerprint density at radius 2 is 0.968 bits per heavy atom. The van der Waals surface area contributed by atoms with Crippen molar-refractivity contribution in [3.63, 3.8) is 0 Å². The van der Waals surface area contributed by atoms with Crippen molar-refractivity contribution in [2.75, 3.05) is 55.9 Å². The number of aromatic amines is 1. The summed E-state index contributed by atoms with van der Waals surface area (Å²) in [5.74, 6) is -2.63. The number of imidazole rings is 3. The van der Waals surface area contributed by atoms with Crippen LogP contribution < -0.4 is 48.2 Å². The monoisotopic (exact) mass is 2310 g/mol. The van der Waals surface area contributed by atoms with Crippen LogP contribution in [0.25, 0.3) is 33.1 Å². The van der Waals surface area contributed by atoms with Crippen LogP contribution in [-0.2, 0) is 88.4 Å². The lowest BCUT2D eigenvalue weighted by molar-refractivity contribution is -0.387. The summed E-state index contributed by atoms with van der Waals surface area (Å²) in [4.78, 5) is 136. The molecule has 3 aliphatic heterocycles. The van der Waals surface area contributed by atoms with E-state index >= 15 is 0 Å². The van der Waals surface area contributed by atoms with Gasteiger partial charge in [0.25, 0.3) is 17.5 Å². The molecule has 6 amide bonds. The second-order valence-corrected chi connectivity index (χ2v) is 33.5. The zero-order chi connectivity index (χ0) is 93.4. The molecular formula is C78H82Br6F4IN14O20PS2. The number of aryl methyl sites for hydroxylation is 3. The van der Waals surface area contributed by atoms with E-state index in [1.807, 2.05) is 90.8 Å². The van der Waals surface area contributed by atoms with Crippen molar-refractivity contribution in [2.24, 2.45) is 21.1 Å². The van der Waals surface area contributed by atoms with Gasteiger partial charge in [-0.25, -0.2) is 22.8 Å². The minimum absolute atomic E-state index is 0. The number of nitro benzene ring substituents is 2. The molecule has 6 heterocycles. The highest BCUT2D eigenvalue weighted by Crippen LogP contribution is 2.36. The Bertz CT molecular complexity index is 6110. The van der Waals surface area contributed by atoms with E-state index in [2.05, 4.69) is 143 Å². The summed E-state index contributed by atoms with van der Waals surface area (Å²) in [6, 6.07) is 43.3. The third-order valence-corrected chi connectivity index (χ3v) is 23.0. The second-order valence-electron chi connectivity index (χ2n) is 26.0. The highest BCUT2D eigenvalue weighted by Gasteiger charge is 2.51. The number of ether oxygens (including phenoxy) is 2. The average Bonchev–Trinajstić information content (AvgIpc) is 1.60. The van der Waals surface area contributed by atoms with Gasteiger partial charge in [-0.3, -0.25) is 86.9 Å². The lowest BCUT2D eigenvalue weighted by Crippen LogP contribution is -2.49. The molecule has 8 aromatic carbocycles. The molecule has 0 spiro atoms. The van der Waals surface area contributed by atoms with Crippen molar-refractivity contribution in [1.82, 2.24) is 42.9 Å². The number of fused-ring (bicyclic) bond motifs is 3. The number of piperidine rings is 3. The number of likely N-dealkylation sites (tertiary alicyclic amines) is 2. The number of alkyl halides is 4. The molecule has 3 fully saturated rings. The quantitative estimate of drug-likeness (QED) is 0.00503. The zero-order valence-corrected chi connectivity index (χ0v) is 82.6. The van der Waals surface area contributed by atoms with Gasteiger partial charge in [0.2, 0.25) is 29.4 Å². The molecule has 5 atom stereocenters. The molecule has 0 radical (unpaired) electrons. The fraction of sp³-hybridized carbons (Fsp3) is 0.269. The van der Waals surface area contributed by atoms with Crippen LogP contribution in [-0.4, -0.2) is 151 Å². The van der Waals surface area contributed by atoms with Crippen LogP contribution >= 0.6 is 128 Å². The number of benzene rings is 8. The van der Waals surface area contributed by atoms with Crippen LogP contribution in [0.3, 0.4) is 0 Å². The van der Waals surface area contributed by atoms with Crippen LogP contribution in [0, 0.1) is 26.0 Å². The Hall–Kier alpha value is -9.43. The van der Waals surface area contributed by atoms with Crippen molar-refractivity contribution in [2.45, 2.75) is 75.3 Å². The molecule has 126 heavy (non-hydrogen) atoms. The van der Waals surface area contributed by atoms with E-state index in [0.717, 1.165) is 63.0 Å². The number of hydrogen-bond donors (Lipinski definition) is 6. The van der Waals surface area contributed by atoms with Gasteiger partial charge in [-0.05, 0) is 216 Å². The van der Waals surface area contributed by atoms with Crippen LogP contribution in [0.2, 0.25) is 0 Å². The molecule has 678 valence electrons. The van der Waals surface area contributed by atoms with Crippen LogP contribution in [0.15, 0.2) is 199 Å². The number of halogens is 11. The number of carbonyl (C=O) groups excluding carboxylic acids is 6. The van der Waals surface area contributed by atoms with Crippen molar-refractivity contribution in [3.8, 4) is 11.5 Å². The van der Waals surface area contributed by atoms with Gasteiger partial charge in [0.15, 0.2) is 6.10 Å². The number of amides is 6. The van der Waals surface area contributed by atoms with Crippen LogP contribution in [0.5, 0.6) is 11.5 Å². The van der Waals surface area contributed by atoms with Crippen molar-refractivity contribution in [1.29, 1.82) is 0 Å². The van der Waals surface area contributed by atoms with E-state index in [4.69, 9.17) is 24.0 Å². The Morgan fingerprint density at radius 3 is 1.38 bits per heavy atom. The predicted octanol–water partition coefficient (Wildman–Crippen LogP) is 15.2. The van der Waals surface area contributed by atoms with E-state index in [0.29, 0.717) is 56.0 Å². The summed E-state index contributed by atoms with van der Waals surface area (Å²) in [5, 5.41) is 28.6. The Labute approximate surface area is 786 Å². The first-order chi connectivity index (χ1) is 58.9. The summed E-state index contributed by atoms with van der Waals surface area (Å²) < 4.78 is 115. The molecule has 14 rings (SSSR count). The number of nitrogens with two attached hydrogens (primary N) is 1. The minimum Gasteiger partial charge on any atom is -0.497 e.